The van der Waals surface area contributed by atoms with Gasteiger partial charge in [0.25, 0.3) is 0 Å². The predicted octanol–water partition coefficient (Wildman–Crippen LogP) is 0.0555. The van der Waals surface area contributed by atoms with Gasteiger partial charge in [-0.15, -0.1) is 0 Å². The van der Waals surface area contributed by atoms with E-state index in [0.29, 0.717) is 25.7 Å². The number of hydrogen-bond donors (Lipinski definition) is 2. The van der Waals surface area contributed by atoms with E-state index in [-0.39, 0.29) is 6.61 Å². The Morgan fingerprint density at radius 1 is 1.65 bits per heavy atom. The maximum atomic E-state index is 10.4. The van der Waals surface area contributed by atoms with Crippen LogP contribution in [0.25, 0.3) is 0 Å². The summed E-state index contributed by atoms with van der Waals surface area (Å²) in [6, 6.07) is 2.36. The highest BCUT2D eigenvalue weighted by Crippen LogP contribution is 2.03. The van der Waals surface area contributed by atoms with E-state index in [0.717, 1.165) is 5.69 Å². The average Bonchev–Trinajstić information content (AvgIpc) is 2.71. The van der Waals surface area contributed by atoms with E-state index >= 15 is 0 Å². The van der Waals surface area contributed by atoms with Gasteiger partial charge >= 0.3 is 0 Å². The molecule has 0 radical (unpaired) electrons. The first-order valence-corrected chi connectivity index (χ1v) is 5.70. The van der Waals surface area contributed by atoms with Crippen molar-refractivity contribution < 1.29 is 9.53 Å². The van der Waals surface area contributed by atoms with Gasteiger partial charge in [0.15, 0.2) is 0 Å². The molecule has 0 spiro atoms. The number of nitrogens with zero attached hydrogens (tertiary/aromatic N) is 2. The average molecular weight is 240 g/mol. The van der Waals surface area contributed by atoms with Crippen molar-refractivity contribution in [2.75, 3.05) is 19.8 Å². The number of nitrogens with one attached hydrogen (secondary N) is 1. The summed E-state index contributed by atoms with van der Waals surface area (Å²) in [6.45, 7) is 5.97. The van der Waals surface area contributed by atoms with Crippen LogP contribution in [0.4, 0.5) is 0 Å². The number of carbonyl (C=O) groups excluding carboxylic acids is 1. The molecule has 0 fully saturated rings. The molecule has 0 aromatic carbocycles. The van der Waals surface area contributed by atoms with Crippen molar-refractivity contribution in [3.05, 3.63) is 18.0 Å². The smallest absolute Gasteiger partial charge is 0.243 e. The number of primary amides is 1. The number of aromatic nitrogens is 2. The van der Waals surface area contributed by atoms with E-state index < -0.39 is 5.91 Å². The normalized spacial score (nSPS) is 11.0. The number of hydrogen-bond acceptors (Lipinski definition) is 4. The second kappa shape index (κ2) is 7.03. The molecule has 1 aromatic heterocycles. The summed E-state index contributed by atoms with van der Waals surface area (Å²) in [4.78, 5) is 10.4. The molecule has 6 heteroatoms. The molecule has 0 aliphatic carbocycles. The van der Waals surface area contributed by atoms with Crippen molar-refractivity contribution in [2.24, 2.45) is 5.73 Å². The second-order valence-electron chi connectivity index (χ2n) is 4.08. The van der Waals surface area contributed by atoms with Crippen LogP contribution in [0.2, 0.25) is 0 Å². The van der Waals surface area contributed by atoms with Crippen molar-refractivity contribution >= 4 is 5.91 Å². The van der Waals surface area contributed by atoms with Crippen LogP contribution in [0.1, 0.15) is 25.6 Å². The monoisotopic (exact) mass is 240 g/mol. The van der Waals surface area contributed by atoms with Crippen LogP contribution in [-0.2, 0) is 16.1 Å². The lowest BCUT2D eigenvalue weighted by atomic mass is 10.4. The lowest BCUT2D eigenvalue weighted by Crippen LogP contribution is -2.24. The first kappa shape index (κ1) is 13.7. The molecule has 0 atom stereocenters. The van der Waals surface area contributed by atoms with E-state index in [1.54, 1.807) is 0 Å². The van der Waals surface area contributed by atoms with Crippen LogP contribution in [0, 0.1) is 0 Å². The molecular formula is C11H20N4O2. The Hall–Kier alpha value is -1.40. The Labute approximate surface area is 101 Å². The van der Waals surface area contributed by atoms with E-state index in [4.69, 9.17) is 10.5 Å². The summed E-state index contributed by atoms with van der Waals surface area (Å²) in [6.07, 6.45) is 1.96. The molecule has 6 nitrogen and oxygen atoms in total. The number of nitrogens with two attached hydrogens (primary N) is 1. The molecule has 3 N–H and O–H groups in total. The van der Waals surface area contributed by atoms with E-state index in [2.05, 4.69) is 24.3 Å². The second-order valence-corrected chi connectivity index (χ2v) is 4.08. The molecule has 0 saturated heterocycles. The summed E-state index contributed by atoms with van der Waals surface area (Å²) in [5, 5.41) is 7.57. The van der Waals surface area contributed by atoms with Crippen molar-refractivity contribution in [3.8, 4) is 0 Å². The summed E-state index contributed by atoms with van der Waals surface area (Å²) >= 11 is 0. The number of rotatable bonds is 8. The van der Waals surface area contributed by atoms with Crippen molar-refractivity contribution in [1.29, 1.82) is 0 Å². The van der Waals surface area contributed by atoms with E-state index in [1.165, 1.54) is 0 Å². The largest absolute Gasteiger partial charge is 0.370 e. The molecular weight excluding hydrogens is 220 g/mol. The highest BCUT2D eigenvalue weighted by Gasteiger charge is 2.01. The lowest BCUT2D eigenvalue weighted by Gasteiger charge is -2.05. The van der Waals surface area contributed by atoms with Gasteiger partial charge in [-0.3, -0.25) is 9.48 Å². The minimum absolute atomic E-state index is 0.0242. The minimum atomic E-state index is -0.444. The van der Waals surface area contributed by atoms with E-state index in [1.807, 2.05) is 16.9 Å². The summed E-state index contributed by atoms with van der Waals surface area (Å²) < 4.78 is 6.93. The molecule has 1 amide bonds. The maximum absolute atomic E-state index is 10.4. The van der Waals surface area contributed by atoms with E-state index in [9.17, 15) is 4.79 Å². The highest BCUT2D eigenvalue weighted by atomic mass is 16.5. The Balaban J connectivity index is 2.11. The maximum Gasteiger partial charge on any atom is 0.243 e. The van der Waals surface area contributed by atoms with Gasteiger partial charge < -0.3 is 15.8 Å². The Morgan fingerprint density at radius 2 is 2.41 bits per heavy atom. The Kier molecular flexibility index (Phi) is 5.65. The number of ether oxygens (including phenoxy) is 1. The molecule has 0 bridgehead atoms. The quantitative estimate of drug-likeness (QED) is 0.629. The van der Waals surface area contributed by atoms with Crippen LogP contribution in [-0.4, -0.2) is 35.4 Å². The molecule has 0 aliphatic rings. The minimum Gasteiger partial charge on any atom is -0.370 e. The van der Waals surface area contributed by atoms with Gasteiger partial charge in [0.2, 0.25) is 5.91 Å². The number of carbonyl (C=O) groups is 1. The molecule has 0 saturated carbocycles. The SMILES string of the molecule is CC(C)n1ccc(CNCCOCC(N)=O)n1. The van der Waals surface area contributed by atoms with Gasteiger partial charge in [0.1, 0.15) is 6.61 Å². The molecule has 96 valence electrons. The molecule has 17 heavy (non-hydrogen) atoms. The Bertz CT molecular complexity index is 349. The zero-order valence-electron chi connectivity index (χ0n) is 10.3. The van der Waals surface area contributed by atoms with Crippen LogP contribution in [0.15, 0.2) is 12.3 Å². The predicted molar refractivity (Wildman–Crippen MR) is 64.3 cm³/mol. The van der Waals surface area contributed by atoms with Gasteiger partial charge in [-0.05, 0) is 19.9 Å². The molecule has 1 heterocycles. The fourth-order valence-corrected chi connectivity index (χ4v) is 1.29. The zero-order chi connectivity index (χ0) is 12.7. The summed E-state index contributed by atoms with van der Waals surface area (Å²) in [5.41, 5.74) is 5.93. The first-order valence-electron chi connectivity index (χ1n) is 5.70. The molecule has 1 rings (SSSR count). The zero-order valence-corrected chi connectivity index (χ0v) is 10.3. The van der Waals surface area contributed by atoms with Gasteiger partial charge in [0.05, 0.1) is 12.3 Å². The first-order chi connectivity index (χ1) is 8.09. The fraction of sp³-hybridized carbons (Fsp3) is 0.636. The molecule has 0 aliphatic heterocycles. The van der Waals surface area contributed by atoms with Crippen LogP contribution < -0.4 is 11.1 Å². The Morgan fingerprint density at radius 3 is 3.00 bits per heavy atom. The third kappa shape index (κ3) is 5.46. The fourth-order valence-electron chi connectivity index (χ4n) is 1.29. The third-order valence-corrected chi connectivity index (χ3v) is 2.17. The lowest BCUT2D eigenvalue weighted by molar-refractivity contribution is -0.122. The van der Waals surface area contributed by atoms with Crippen LogP contribution in [0.5, 0.6) is 0 Å². The van der Waals surface area contributed by atoms with Gasteiger partial charge in [-0.2, -0.15) is 5.10 Å². The number of amides is 1. The molecule has 1 aromatic rings. The van der Waals surface area contributed by atoms with Crippen molar-refractivity contribution in [3.63, 3.8) is 0 Å². The standard InChI is InChI=1S/C11H20N4O2/c1-9(2)15-5-3-10(14-15)7-13-4-6-17-8-11(12)16/h3,5,9,13H,4,6-8H2,1-2H3,(H2,12,16). The summed E-state index contributed by atoms with van der Waals surface area (Å²) in [5.74, 6) is -0.444. The molecule has 0 unspecified atom stereocenters. The topological polar surface area (TPSA) is 82.2 Å². The third-order valence-electron chi connectivity index (χ3n) is 2.17. The van der Waals surface area contributed by atoms with Crippen molar-refractivity contribution in [2.45, 2.75) is 26.4 Å². The highest BCUT2D eigenvalue weighted by molar-refractivity contribution is 5.74. The van der Waals surface area contributed by atoms with Gasteiger partial charge in [-0.1, -0.05) is 0 Å². The van der Waals surface area contributed by atoms with Crippen LogP contribution in [0.3, 0.4) is 0 Å². The van der Waals surface area contributed by atoms with Crippen LogP contribution >= 0.6 is 0 Å². The summed E-state index contributed by atoms with van der Waals surface area (Å²) in [7, 11) is 0. The van der Waals surface area contributed by atoms with Crippen molar-refractivity contribution in [1.82, 2.24) is 15.1 Å². The van der Waals surface area contributed by atoms with Gasteiger partial charge in [0, 0.05) is 25.3 Å². The van der Waals surface area contributed by atoms with Gasteiger partial charge in [-0.25, -0.2) is 0 Å².